The molecule has 6 nitrogen and oxygen atoms in total. The van der Waals surface area contributed by atoms with E-state index < -0.39 is 35.0 Å². The molecule has 0 saturated carbocycles. The number of benzene rings is 4. The van der Waals surface area contributed by atoms with E-state index in [1.165, 1.54) is 19.2 Å². The number of anilines is 1. The van der Waals surface area contributed by atoms with Gasteiger partial charge in [0.1, 0.15) is 11.5 Å². The summed E-state index contributed by atoms with van der Waals surface area (Å²) in [4.78, 5) is 45.5. The molecule has 0 radical (unpaired) electrons. The van der Waals surface area contributed by atoms with Crippen LogP contribution in [-0.2, 0) is 10.2 Å². The number of hydrogen-bond donors (Lipinski definition) is 1. The molecule has 42 heavy (non-hydrogen) atoms. The van der Waals surface area contributed by atoms with Gasteiger partial charge in [0.2, 0.25) is 5.91 Å². The summed E-state index contributed by atoms with van der Waals surface area (Å²) in [6, 6.07) is 23.6. The van der Waals surface area contributed by atoms with Crippen LogP contribution in [0.5, 0.6) is 5.75 Å². The highest BCUT2D eigenvalue weighted by Crippen LogP contribution is 2.62. The number of carbonyl (C=O) groups excluding carboxylic acids is 3. The Labute approximate surface area is 246 Å². The van der Waals surface area contributed by atoms with Crippen LogP contribution in [0.1, 0.15) is 43.4 Å². The molecule has 4 atom stereocenters. The van der Waals surface area contributed by atoms with Crippen molar-refractivity contribution in [2.75, 3.05) is 12.4 Å². The molecule has 8 heteroatoms. The minimum absolute atomic E-state index is 0.0142. The maximum atomic E-state index is 15.0. The molecule has 4 aromatic carbocycles. The lowest BCUT2D eigenvalue weighted by Crippen LogP contribution is -2.49. The number of para-hydroxylation sites is 1. The number of nitrogens with one attached hydrogen (secondary N) is 1. The lowest BCUT2D eigenvalue weighted by atomic mass is 9.62. The molecule has 0 unspecified atom stereocenters. The standard InChI is InChI=1S/C34H24ClFN2O4/c1-42-27-15-12-21(18-25(27)36)30(39)28-29(31(40)20-10-13-22(35)14-11-20)38-17-16-19-6-2-3-7-23(19)32(38)34(28)24-8-4-5-9-26(24)37-33(34)41/h2-18,28-29,32H,1H3,(H,37,41)/t28-,29+,32-,34-/m1/s1. The van der Waals surface area contributed by atoms with Crippen molar-refractivity contribution < 1.29 is 23.5 Å². The number of fused-ring (bicyclic) bond motifs is 6. The smallest absolute Gasteiger partial charge is 0.238 e. The Morgan fingerprint density at radius 2 is 1.64 bits per heavy atom. The van der Waals surface area contributed by atoms with Gasteiger partial charge in [-0.1, -0.05) is 54.1 Å². The van der Waals surface area contributed by atoms with Crippen molar-refractivity contribution in [2.45, 2.75) is 17.5 Å². The number of hydrogen-bond acceptors (Lipinski definition) is 5. The molecule has 1 spiro atoms. The van der Waals surface area contributed by atoms with Gasteiger partial charge in [-0.3, -0.25) is 14.4 Å². The van der Waals surface area contributed by atoms with Crippen LogP contribution in [-0.4, -0.2) is 35.5 Å². The fraction of sp³-hybridized carbons (Fsp3) is 0.147. The fourth-order valence-corrected chi connectivity index (χ4v) is 7.08. The number of ketones is 2. The van der Waals surface area contributed by atoms with E-state index in [2.05, 4.69) is 5.32 Å². The van der Waals surface area contributed by atoms with Gasteiger partial charge in [0.15, 0.2) is 23.1 Å². The topological polar surface area (TPSA) is 75.7 Å². The van der Waals surface area contributed by atoms with Gasteiger partial charge in [-0.25, -0.2) is 4.39 Å². The zero-order valence-corrected chi connectivity index (χ0v) is 23.1. The van der Waals surface area contributed by atoms with Crippen molar-refractivity contribution in [3.8, 4) is 5.75 Å². The van der Waals surface area contributed by atoms with Gasteiger partial charge in [-0.2, -0.15) is 0 Å². The molecule has 1 N–H and O–H groups in total. The second-order valence-electron chi connectivity index (χ2n) is 10.7. The highest BCUT2D eigenvalue weighted by Gasteiger charge is 2.70. The first-order chi connectivity index (χ1) is 20.4. The Morgan fingerprint density at radius 1 is 0.929 bits per heavy atom. The first-order valence-electron chi connectivity index (χ1n) is 13.5. The average molecular weight is 579 g/mol. The van der Waals surface area contributed by atoms with E-state index in [0.717, 1.165) is 17.2 Å². The van der Waals surface area contributed by atoms with E-state index >= 15 is 0 Å². The number of methoxy groups -OCH3 is 1. The van der Waals surface area contributed by atoms with Crippen molar-refractivity contribution in [2.24, 2.45) is 5.92 Å². The summed E-state index contributed by atoms with van der Waals surface area (Å²) in [6.07, 6.45) is 3.68. The van der Waals surface area contributed by atoms with Crippen molar-refractivity contribution in [3.05, 3.63) is 136 Å². The van der Waals surface area contributed by atoms with Gasteiger partial charge in [-0.05, 0) is 71.3 Å². The number of amides is 1. The van der Waals surface area contributed by atoms with Gasteiger partial charge in [0.25, 0.3) is 0 Å². The van der Waals surface area contributed by atoms with Crippen LogP contribution in [0.15, 0.2) is 97.2 Å². The van der Waals surface area contributed by atoms with Crippen molar-refractivity contribution in [3.63, 3.8) is 0 Å². The third kappa shape index (κ3) is 3.59. The lowest BCUT2D eigenvalue weighted by molar-refractivity contribution is -0.122. The van der Waals surface area contributed by atoms with E-state index in [0.29, 0.717) is 21.8 Å². The zero-order chi connectivity index (χ0) is 29.2. The molecule has 1 amide bonds. The zero-order valence-electron chi connectivity index (χ0n) is 22.4. The summed E-state index contributed by atoms with van der Waals surface area (Å²) in [5, 5.41) is 3.46. The maximum Gasteiger partial charge on any atom is 0.238 e. The molecular formula is C34H24ClFN2O4. The van der Waals surface area contributed by atoms with E-state index in [4.69, 9.17) is 16.3 Å². The third-order valence-corrected chi connectivity index (χ3v) is 8.94. The third-order valence-electron chi connectivity index (χ3n) is 8.69. The highest BCUT2D eigenvalue weighted by atomic mass is 35.5. The first-order valence-corrected chi connectivity index (χ1v) is 13.9. The summed E-state index contributed by atoms with van der Waals surface area (Å²) in [5.41, 5.74) is 1.78. The summed E-state index contributed by atoms with van der Waals surface area (Å²) in [7, 11) is 1.34. The monoisotopic (exact) mass is 578 g/mol. The molecule has 208 valence electrons. The van der Waals surface area contributed by atoms with Crippen molar-refractivity contribution in [1.29, 1.82) is 0 Å². The summed E-state index contributed by atoms with van der Waals surface area (Å²) in [6.45, 7) is 0. The van der Waals surface area contributed by atoms with E-state index in [9.17, 15) is 18.8 Å². The van der Waals surface area contributed by atoms with Crippen molar-refractivity contribution in [1.82, 2.24) is 4.90 Å². The SMILES string of the molecule is COc1ccc(C(=O)[C@H]2[C@@H](C(=O)c3ccc(Cl)cc3)N3C=Cc4ccccc4[C@@H]3[C@]23C(=O)Nc2ccccc23)cc1F. The molecule has 0 aliphatic carbocycles. The number of carbonyl (C=O) groups is 3. The molecule has 4 aromatic rings. The van der Waals surface area contributed by atoms with Crippen LogP contribution < -0.4 is 10.1 Å². The second-order valence-corrected chi connectivity index (χ2v) is 11.1. The molecule has 3 aliphatic heterocycles. The molecule has 1 fully saturated rings. The predicted octanol–water partition coefficient (Wildman–Crippen LogP) is 6.47. The van der Waals surface area contributed by atoms with Crippen LogP contribution in [0, 0.1) is 11.7 Å². The van der Waals surface area contributed by atoms with Crippen LogP contribution >= 0.6 is 11.6 Å². The van der Waals surface area contributed by atoms with Gasteiger partial charge in [-0.15, -0.1) is 0 Å². The summed E-state index contributed by atoms with van der Waals surface area (Å²) >= 11 is 6.13. The second kappa shape index (κ2) is 9.67. The summed E-state index contributed by atoms with van der Waals surface area (Å²) in [5.74, 6) is -3.19. The van der Waals surface area contributed by atoms with Crippen LogP contribution in [0.4, 0.5) is 10.1 Å². The van der Waals surface area contributed by atoms with E-state index in [1.54, 1.807) is 36.5 Å². The molecular weight excluding hydrogens is 555 g/mol. The van der Waals surface area contributed by atoms with Gasteiger partial charge in [0.05, 0.1) is 19.1 Å². The molecule has 3 heterocycles. The minimum Gasteiger partial charge on any atom is -0.494 e. The Bertz CT molecular complexity index is 1820. The summed E-state index contributed by atoms with van der Waals surface area (Å²) < 4.78 is 20.0. The first kappa shape index (κ1) is 26.2. The Balaban J connectivity index is 1.52. The predicted molar refractivity (Wildman–Crippen MR) is 157 cm³/mol. The number of halogens is 2. The lowest BCUT2D eigenvalue weighted by Gasteiger charge is -2.38. The Morgan fingerprint density at radius 3 is 2.40 bits per heavy atom. The number of rotatable bonds is 5. The Kier molecular flexibility index (Phi) is 6.02. The molecule has 3 aliphatic rings. The number of Topliss-reactive ketones (excluding diaryl/α,β-unsaturated/α-hetero) is 2. The number of nitrogens with zero attached hydrogens (tertiary/aromatic N) is 1. The minimum atomic E-state index is -1.50. The van der Waals surface area contributed by atoms with Crippen molar-refractivity contribution >= 4 is 40.8 Å². The van der Waals surface area contributed by atoms with E-state index in [-0.39, 0.29) is 23.0 Å². The largest absolute Gasteiger partial charge is 0.494 e. The van der Waals surface area contributed by atoms with Gasteiger partial charge >= 0.3 is 0 Å². The molecule has 0 aromatic heterocycles. The van der Waals surface area contributed by atoms with Crippen LogP contribution in [0.25, 0.3) is 6.08 Å². The van der Waals surface area contributed by atoms with Gasteiger partial charge in [0, 0.05) is 28.0 Å². The normalized spacial score (nSPS) is 23.3. The average Bonchev–Trinajstić information content (AvgIpc) is 3.49. The van der Waals surface area contributed by atoms with E-state index in [1.807, 2.05) is 53.4 Å². The number of ether oxygens (including phenoxy) is 1. The molecule has 1 saturated heterocycles. The molecule has 7 rings (SSSR count). The highest BCUT2D eigenvalue weighted by molar-refractivity contribution is 6.30. The molecule has 0 bridgehead atoms. The Hall–Kier alpha value is -4.75. The quantitative estimate of drug-likeness (QED) is 0.275. The maximum absolute atomic E-state index is 15.0. The van der Waals surface area contributed by atoms with Crippen LogP contribution in [0.2, 0.25) is 5.02 Å². The van der Waals surface area contributed by atoms with Crippen LogP contribution in [0.3, 0.4) is 0 Å². The van der Waals surface area contributed by atoms with Gasteiger partial charge < -0.3 is 15.0 Å². The fourth-order valence-electron chi connectivity index (χ4n) is 6.95.